The van der Waals surface area contributed by atoms with Crippen LogP contribution in [0.15, 0.2) is 30.5 Å². The lowest BCUT2D eigenvalue weighted by molar-refractivity contribution is -0.115. The Bertz CT molecular complexity index is 1040. The Balaban J connectivity index is 1.71. The lowest BCUT2D eigenvalue weighted by Crippen LogP contribution is -2.24. The van der Waals surface area contributed by atoms with Crippen molar-refractivity contribution in [3.63, 3.8) is 0 Å². The van der Waals surface area contributed by atoms with Gasteiger partial charge in [0, 0.05) is 16.8 Å². The molecule has 0 radical (unpaired) electrons. The smallest absolute Gasteiger partial charge is 0.345 e. The van der Waals surface area contributed by atoms with E-state index in [1.807, 2.05) is 16.7 Å². The number of imidazole rings is 1. The summed E-state index contributed by atoms with van der Waals surface area (Å²) in [5.41, 5.74) is 7.57. The van der Waals surface area contributed by atoms with Gasteiger partial charge in [-0.3, -0.25) is 4.57 Å². The molecule has 11 heteroatoms. The molecule has 166 valence electrons. The van der Waals surface area contributed by atoms with Crippen molar-refractivity contribution >= 4 is 40.3 Å². The van der Waals surface area contributed by atoms with Crippen molar-refractivity contribution in [2.24, 2.45) is 11.7 Å². The second-order valence-electron chi connectivity index (χ2n) is 7.72. The summed E-state index contributed by atoms with van der Waals surface area (Å²) in [5, 5.41) is 6.10. The molecule has 31 heavy (non-hydrogen) atoms. The van der Waals surface area contributed by atoms with Crippen molar-refractivity contribution in [2.75, 3.05) is 23.7 Å². The fraction of sp³-hybridized carbons (Fsp3) is 0.450. The van der Waals surface area contributed by atoms with E-state index in [1.165, 1.54) is 6.20 Å². The van der Waals surface area contributed by atoms with Gasteiger partial charge in [0.1, 0.15) is 12.1 Å². The molecular weight excluding hydrogens is 431 g/mol. The van der Waals surface area contributed by atoms with Crippen molar-refractivity contribution in [3.8, 4) is 0 Å². The highest BCUT2D eigenvalue weighted by molar-refractivity contribution is 6.30. The Hall–Kier alpha value is -2.59. The van der Waals surface area contributed by atoms with Gasteiger partial charge >= 0.3 is 6.18 Å². The number of nitrogens with one attached hydrogen (secondary N) is 2. The Labute approximate surface area is 182 Å². The minimum absolute atomic E-state index is 0.0871. The van der Waals surface area contributed by atoms with E-state index in [1.54, 1.807) is 12.1 Å². The number of anilines is 3. The number of aromatic nitrogens is 4. The molecule has 7 nitrogen and oxygen atoms in total. The predicted molar refractivity (Wildman–Crippen MR) is 115 cm³/mol. The summed E-state index contributed by atoms with van der Waals surface area (Å²) >= 11 is 6.10. The second-order valence-corrected chi connectivity index (χ2v) is 8.16. The molecule has 0 amide bonds. The van der Waals surface area contributed by atoms with Gasteiger partial charge in [0.25, 0.3) is 0 Å². The van der Waals surface area contributed by atoms with E-state index < -0.39 is 12.7 Å². The SMILES string of the molecule is NC[C@H]1CC[C@H](n2c(Nc3cccc(Cl)c3)nc3cnc(NCC(F)(F)F)nc32)CC1. The number of hydrogen-bond donors (Lipinski definition) is 3. The largest absolute Gasteiger partial charge is 0.405 e. The van der Waals surface area contributed by atoms with E-state index in [0.29, 0.717) is 34.6 Å². The second kappa shape index (κ2) is 8.88. The first kappa shape index (κ1) is 21.6. The normalized spacial score (nSPS) is 19.5. The number of benzene rings is 1. The Morgan fingerprint density at radius 3 is 2.61 bits per heavy atom. The third kappa shape index (κ3) is 5.19. The molecule has 2 heterocycles. The van der Waals surface area contributed by atoms with Crippen LogP contribution in [0.2, 0.25) is 5.02 Å². The quantitative estimate of drug-likeness (QED) is 0.492. The first-order valence-corrected chi connectivity index (χ1v) is 10.5. The summed E-state index contributed by atoms with van der Waals surface area (Å²) in [6.45, 7) is -0.555. The molecule has 2 aromatic heterocycles. The van der Waals surface area contributed by atoms with Gasteiger partial charge in [-0.1, -0.05) is 17.7 Å². The number of alkyl halides is 3. The third-order valence-electron chi connectivity index (χ3n) is 5.48. The standard InChI is InChI=1S/C20H23ClF3N7/c21-13-2-1-3-14(8-13)28-19-29-16-10-26-18(27-11-20(22,23)24)30-17(16)31(19)15-6-4-12(9-25)5-7-15/h1-3,8,10,12,15H,4-7,9,11,25H2,(H,28,29)(H,26,27,30)/t12-,15-. The van der Waals surface area contributed by atoms with Crippen LogP contribution in [0.3, 0.4) is 0 Å². The summed E-state index contributed by atoms with van der Waals surface area (Å²) in [4.78, 5) is 13.0. The molecule has 3 aromatic rings. The highest BCUT2D eigenvalue weighted by atomic mass is 35.5. The van der Waals surface area contributed by atoms with E-state index >= 15 is 0 Å². The summed E-state index contributed by atoms with van der Waals surface area (Å²) in [7, 11) is 0. The molecule has 1 aromatic carbocycles. The average molecular weight is 454 g/mol. The van der Waals surface area contributed by atoms with Crippen molar-refractivity contribution in [1.29, 1.82) is 0 Å². The van der Waals surface area contributed by atoms with E-state index in [4.69, 9.17) is 17.3 Å². The van der Waals surface area contributed by atoms with Gasteiger partial charge in [-0.25, -0.2) is 9.97 Å². The van der Waals surface area contributed by atoms with Crippen LogP contribution < -0.4 is 16.4 Å². The van der Waals surface area contributed by atoms with Crippen LogP contribution in [0.25, 0.3) is 11.2 Å². The maximum Gasteiger partial charge on any atom is 0.405 e. The Morgan fingerprint density at radius 2 is 1.94 bits per heavy atom. The number of hydrogen-bond acceptors (Lipinski definition) is 6. The van der Waals surface area contributed by atoms with Crippen molar-refractivity contribution in [3.05, 3.63) is 35.5 Å². The first-order valence-electron chi connectivity index (χ1n) is 10.1. The van der Waals surface area contributed by atoms with Crippen LogP contribution >= 0.6 is 11.6 Å². The first-order chi connectivity index (χ1) is 14.8. The van der Waals surface area contributed by atoms with Crippen LogP contribution in [0.4, 0.5) is 30.8 Å². The molecule has 0 saturated heterocycles. The van der Waals surface area contributed by atoms with Crippen LogP contribution in [0.5, 0.6) is 0 Å². The van der Waals surface area contributed by atoms with E-state index in [2.05, 4.69) is 25.6 Å². The van der Waals surface area contributed by atoms with Gasteiger partial charge in [0.05, 0.1) is 6.20 Å². The van der Waals surface area contributed by atoms with Gasteiger partial charge in [-0.05, 0) is 56.3 Å². The average Bonchev–Trinajstić information content (AvgIpc) is 3.09. The number of fused-ring (bicyclic) bond motifs is 1. The van der Waals surface area contributed by atoms with Crippen LogP contribution in [0.1, 0.15) is 31.7 Å². The minimum Gasteiger partial charge on any atom is -0.345 e. The molecule has 1 fully saturated rings. The van der Waals surface area contributed by atoms with Gasteiger partial charge in [0.15, 0.2) is 5.65 Å². The zero-order chi connectivity index (χ0) is 22.0. The Kier molecular flexibility index (Phi) is 6.19. The Morgan fingerprint density at radius 1 is 1.16 bits per heavy atom. The molecule has 1 aliphatic carbocycles. The van der Waals surface area contributed by atoms with Crippen molar-refractivity contribution in [2.45, 2.75) is 37.9 Å². The summed E-state index contributed by atoms with van der Waals surface area (Å²) in [5.74, 6) is 0.945. The highest BCUT2D eigenvalue weighted by Crippen LogP contribution is 2.37. The maximum atomic E-state index is 12.6. The molecule has 0 unspecified atom stereocenters. The molecule has 0 spiro atoms. The molecule has 1 aliphatic rings. The number of nitrogens with two attached hydrogens (primary N) is 1. The van der Waals surface area contributed by atoms with E-state index in [9.17, 15) is 13.2 Å². The number of rotatable bonds is 6. The lowest BCUT2D eigenvalue weighted by Gasteiger charge is -2.29. The maximum absolute atomic E-state index is 12.6. The van der Waals surface area contributed by atoms with Crippen LogP contribution in [-0.2, 0) is 0 Å². The molecule has 4 N–H and O–H groups in total. The van der Waals surface area contributed by atoms with Gasteiger partial charge in [0.2, 0.25) is 11.9 Å². The molecule has 0 bridgehead atoms. The molecule has 0 atom stereocenters. The summed E-state index contributed by atoms with van der Waals surface area (Å²) in [6, 6.07) is 7.33. The number of nitrogens with zero attached hydrogens (tertiary/aromatic N) is 4. The summed E-state index contributed by atoms with van der Waals surface area (Å²) < 4.78 is 39.8. The lowest BCUT2D eigenvalue weighted by atomic mass is 9.86. The predicted octanol–water partition coefficient (Wildman–Crippen LogP) is 4.89. The zero-order valence-corrected chi connectivity index (χ0v) is 17.4. The van der Waals surface area contributed by atoms with Gasteiger partial charge in [-0.2, -0.15) is 18.2 Å². The van der Waals surface area contributed by atoms with E-state index in [-0.39, 0.29) is 12.0 Å². The zero-order valence-electron chi connectivity index (χ0n) is 16.7. The topological polar surface area (TPSA) is 93.7 Å². The molecule has 1 saturated carbocycles. The van der Waals surface area contributed by atoms with E-state index in [0.717, 1.165) is 31.4 Å². The monoisotopic (exact) mass is 453 g/mol. The fourth-order valence-electron chi connectivity index (χ4n) is 3.92. The van der Waals surface area contributed by atoms with Crippen LogP contribution in [0, 0.1) is 5.92 Å². The minimum atomic E-state index is -4.36. The van der Waals surface area contributed by atoms with Crippen molar-refractivity contribution in [1.82, 2.24) is 19.5 Å². The third-order valence-corrected chi connectivity index (χ3v) is 5.71. The molecule has 4 rings (SSSR count). The highest BCUT2D eigenvalue weighted by Gasteiger charge is 2.28. The molecular formula is C20H23ClF3N7. The number of halogens is 4. The summed E-state index contributed by atoms with van der Waals surface area (Å²) in [6.07, 6.45) is 0.786. The van der Waals surface area contributed by atoms with Gasteiger partial charge in [-0.15, -0.1) is 0 Å². The van der Waals surface area contributed by atoms with Gasteiger partial charge < -0.3 is 16.4 Å². The fourth-order valence-corrected chi connectivity index (χ4v) is 4.11. The van der Waals surface area contributed by atoms with Crippen molar-refractivity contribution < 1.29 is 13.2 Å². The van der Waals surface area contributed by atoms with Crippen LogP contribution in [-0.4, -0.2) is 38.8 Å². The molecule has 0 aliphatic heterocycles.